The molecule has 0 unspecified atom stereocenters. The number of aromatic nitrogens is 3. The molecule has 3 aromatic rings. The molecule has 9 nitrogen and oxygen atoms in total. The molecule has 4 rings (SSSR count). The third-order valence-electron chi connectivity index (χ3n) is 4.79. The zero-order valence-corrected chi connectivity index (χ0v) is 16.9. The van der Waals surface area contributed by atoms with E-state index in [2.05, 4.69) is 20.4 Å². The van der Waals surface area contributed by atoms with E-state index in [0.717, 1.165) is 22.4 Å². The summed E-state index contributed by atoms with van der Waals surface area (Å²) in [5.74, 6) is 0.785. The number of ether oxygens (including phenoxy) is 1. The summed E-state index contributed by atoms with van der Waals surface area (Å²) in [6.45, 7) is 5.79. The molecule has 154 valence electrons. The molecule has 3 heterocycles. The zero-order chi connectivity index (χ0) is 21.3. The molecule has 0 saturated carbocycles. The van der Waals surface area contributed by atoms with Crippen molar-refractivity contribution in [2.24, 2.45) is 0 Å². The van der Waals surface area contributed by atoms with Gasteiger partial charge in [-0.3, -0.25) is 14.7 Å². The van der Waals surface area contributed by atoms with Crippen molar-refractivity contribution < 1.29 is 18.8 Å². The summed E-state index contributed by atoms with van der Waals surface area (Å²) < 4.78 is 10.3. The van der Waals surface area contributed by atoms with Gasteiger partial charge >= 0.3 is 6.09 Å². The Kier molecular flexibility index (Phi) is 5.18. The van der Waals surface area contributed by atoms with E-state index in [1.165, 1.54) is 6.92 Å². The number of nitrogens with one attached hydrogen (secondary N) is 1. The lowest BCUT2D eigenvalue weighted by atomic mass is 10.0. The van der Waals surface area contributed by atoms with Gasteiger partial charge in [0.2, 0.25) is 17.6 Å². The van der Waals surface area contributed by atoms with E-state index in [9.17, 15) is 9.59 Å². The molecular formula is C21H21N5O4. The summed E-state index contributed by atoms with van der Waals surface area (Å²) in [7, 11) is 0. The molecule has 0 spiro atoms. The topological polar surface area (TPSA) is 110 Å². The second-order valence-electron chi connectivity index (χ2n) is 7.12. The minimum Gasteiger partial charge on any atom is -0.442 e. The van der Waals surface area contributed by atoms with E-state index in [4.69, 9.17) is 9.26 Å². The van der Waals surface area contributed by atoms with Gasteiger partial charge in [-0.1, -0.05) is 17.3 Å². The van der Waals surface area contributed by atoms with Gasteiger partial charge in [0, 0.05) is 25.6 Å². The minimum atomic E-state index is -0.414. The highest BCUT2D eigenvalue weighted by Crippen LogP contribution is 2.30. The Hall–Kier alpha value is -3.75. The summed E-state index contributed by atoms with van der Waals surface area (Å²) in [6.07, 6.45) is 0.969. The monoisotopic (exact) mass is 407 g/mol. The lowest BCUT2D eigenvalue weighted by molar-refractivity contribution is -0.119. The van der Waals surface area contributed by atoms with Crippen LogP contribution in [-0.2, 0) is 9.53 Å². The van der Waals surface area contributed by atoms with Crippen molar-refractivity contribution in [3.63, 3.8) is 0 Å². The molecule has 2 amide bonds. The van der Waals surface area contributed by atoms with Gasteiger partial charge < -0.3 is 14.6 Å². The van der Waals surface area contributed by atoms with Crippen LogP contribution in [0.4, 0.5) is 10.5 Å². The van der Waals surface area contributed by atoms with Crippen molar-refractivity contribution >= 4 is 17.7 Å². The molecule has 2 aromatic heterocycles. The standard InChI is InChI=1S/C21H21N5O4/c1-12-8-15(16-4-6-18(23-9-16)20-24-14(3)30-25-20)5-7-19(12)26-11-17(29-21(26)28)10-22-13(2)27/h4-9,17H,10-11H2,1-3H3,(H,22,27)/t17-/m0/s1. The first-order valence-corrected chi connectivity index (χ1v) is 9.51. The summed E-state index contributed by atoms with van der Waals surface area (Å²) in [5.41, 5.74) is 4.25. The second kappa shape index (κ2) is 7.94. The Bertz CT molecular complexity index is 1090. The molecule has 0 aliphatic carbocycles. The zero-order valence-electron chi connectivity index (χ0n) is 16.9. The van der Waals surface area contributed by atoms with Crippen LogP contribution in [0.25, 0.3) is 22.6 Å². The van der Waals surface area contributed by atoms with Crippen LogP contribution < -0.4 is 10.2 Å². The third-order valence-corrected chi connectivity index (χ3v) is 4.79. The fourth-order valence-corrected chi connectivity index (χ4v) is 3.32. The number of pyridine rings is 1. The van der Waals surface area contributed by atoms with Gasteiger partial charge in [0.1, 0.15) is 11.8 Å². The van der Waals surface area contributed by atoms with Gasteiger partial charge in [-0.2, -0.15) is 4.98 Å². The number of anilines is 1. The number of carbonyl (C=O) groups excluding carboxylic acids is 2. The predicted molar refractivity (Wildman–Crippen MR) is 109 cm³/mol. The quantitative estimate of drug-likeness (QED) is 0.692. The largest absolute Gasteiger partial charge is 0.442 e. The number of aryl methyl sites for hydroxylation is 2. The van der Waals surface area contributed by atoms with Crippen LogP contribution in [-0.4, -0.2) is 46.3 Å². The Morgan fingerprint density at radius 2 is 2.03 bits per heavy atom. The van der Waals surface area contributed by atoms with Crippen molar-refractivity contribution in [3.05, 3.63) is 48.0 Å². The number of amides is 2. The molecule has 0 radical (unpaired) electrons. The Morgan fingerprint density at radius 1 is 1.23 bits per heavy atom. The maximum absolute atomic E-state index is 12.3. The Balaban J connectivity index is 1.51. The highest BCUT2D eigenvalue weighted by atomic mass is 16.6. The second-order valence-corrected chi connectivity index (χ2v) is 7.12. The molecule has 1 aliphatic rings. The van der Waals surface area contributed by atoms with E-state index < -0.39 is 6.09 Å². The SMILES string of the molecule is CC(=O)NC[C@H]1CN(c2ccc(-c3ccc(-c4noc(C)n4)nc3)cc2C)C(=O)O1. The van der Waals surface area contributed by atoms with Gasteiger partial charge in [-0.25, -0.2) is 4.79 Å². The molecule has 1 atom stereocenters. The fourth-order valence-electron chi connectivity index (χ4n) is 3.32. The summed E-state index contributed by atoms with van der Waals surface area (Å²) in [5, 5.41) is 6.55. The highest BCUT2D eigenvalue weighted by Gasteiger charge is 2.33. The number of nitrogens with zero attached hydrogens (tertiary/aromatic N) is 4. The first-order valence-electron chi connectivity index (χ1n) is 9.51. The van der Waals surface area contributed by atoms with Crippen molar-refractivity contribution in [1.82, 2.24) is 20.4 Å². The first kappa shape index (κ1) is 19.6. The van der Waals surface area contributed by atoms with Crippen LogP contribution in [0.2, 0.25) is 0 Å². The molecule has 1 N–H and O–H groups in total. The highest BCUT2D eigenvalue weighted by molar-refractivity contribution is 5.91. The lowest BCUT2D eigenvalue weighted by Gasteiger charge is -2.17. The average molecular weight is 407 g/mol. The van der Waals surface area contributed by atoms with E-state index in [-0.39, 0.29) is 12.0 Å². The molecule has 1 aliphatic heterocycles. The summed E-state index contributed by atoms with van der Waals surface area (Å²) in [4.78, 5) is 33.5. The number of hydrogen-bond acceptors (Lipinski definition) is 7. The first-order chi connectivity index (χ1) is 14.4. The maximum Gasteiger partial charge on any atom is 0.414 e. The van der Waals surface area contributed by atoms with Crippen molar-refractivity contribution in [1.29, 1.82) is 0 Å². The Labute approximate surface area is 173 Å². The van der Waals surface area contributed by atoms with Gasteiger partial charge in [0.15, 0.2) is 0 Å². The Morgan fingerprint density at radius 3 is 2.67 bits per heavy atom. The van der Waals surface area contributed by atoms with Crippen molar-refractivity contribution in [2.75, 3.05) is 18.0 Å². The van der Waals surface area contributed by atoms with Crippen LogP contribution >= 0.6 is 0 Å². The average Bonchev–Trinajstić information content (AvgIpc) is 3.32. The number of benzene rings is 1. The number of hydrogen-bond donors (Lipinski definition) is 1. The van der Waals surface area contributed by atoms with Gasteiger partial charge in [-0.05, 0) is 36.2 Å². The van der Waals surface area contributed by atoms with E-state index in [0.29, 0.717) is 30.5 Å². The molecule has 1 saturated heterocycles. The maximum atomic E-state index is 12.3. The molecule has 1 aromatic carbocycles. The van der Waals surface area contributed by atoms with Crippen molar-refractivity contribution in [2.45, 2.75) is 26.9 Å². The predicted octanol–water partition coefficient (Wildman–Crippen LogP) is 2.88. The molecule has 9 heteroatoms. The van der Waals surface area contributed by atoms with E-state index >= 15 is 0 Å². The number of carbonyl (C=O) groups is 2. The minimum absolute atomic E-state index is 0.154. The smallest absolute Gasteiger partial charge is 0.414 e. The summed E-state index contributed by atoms with van der Waals surface area (Å²) >= 11 is 0. The van der Waals surface area contributed by atoms with Gasteiger partial charge in [-0.15, -0.1) is 0 Å². The molecule has 0 bridgehead atoms. The van der Waals surface area contributed by atoms with Crippen LogP contribution in [0.15, 0.2) is 41.1 Å². The third kappa shape index (κ3) is 4.00. The fraction of sp³-hybridized carbons (Fsp3) is 0.286. The van der Waals surface area contributed by atoms with E-state index in [1.54, 1.807) is 18.0 Å². The van der Waals surface area contributed by atoms with Crippen molar-refractivity contribution in [3.8, 4) is 22.6 Å². The van der Waals surface area contributed by atoms with Crippen LogP contribution in [0.5, 0.6) is 0 Å². The van der Waals surface area contributed by atoms with Crippen LogP contribution in [0, 0.1) is 13.8 Å². The number of rotatable bonds is 5. The van der Waals surface area contributed by atoms with Crippen LogP contribution in [0.3, 0.4) is 0 Å². The summed E-state index contributed by atoms with van der Waals surface area (Å²) in [6, 6.07) is 9.61. The lowest BCUT2D eigenvalue weighted by Crippen LogP contribution is -2.33. The molecule has 1 fully saturated rings. The van der Waals surface area contributed by atoms with Crippen LogP contribution in [0.1, 0.15) is 18.4 Å². The normalized spacial score (nSPS) is 15.9. The molecule has 30 heavy (non-hydrogen) atoms. The van der Waals surface area contributed by atoms with Gasteiger partial charge in [0.25, 0.3) is 0 Å². The van der Waals surface area contributed by atoms with Gasteiger partial charge in [0.05, 0.1) is 18.8 Å². The number of cyclic esters (lactones) is 1. The molecular weight excluding hydrogens is 386 g/mol. The van der Waals surface area contributed by atoms with E-state index in [1.807, 2.05) is 37.3 Å².